The van der Waals surface area contributed by atoms with Gasteiger partial charge in [0.25, 0.3) is 5.69 Å². The Morgan fingerprint density at radius 1 is 1.42 bits per heavy atom. The number of hydrogen-bond acceptors (Lipinski definition) is 6. The molecule has 0 saturated carbocycles. The lowest BCUT2D eigenvalue weighted by atomic mass is 10.2. The number of nitro groups is 1. The van der Waals surface area contributed by atoms with E-state index in [1.54, 1.807) is 0 Å². The molecule has 0 aliphatic heterocycles. The first-order chi connectivity index (χ1) is 11.4. The highest BCUT2D eigenvalue weighted by atomic mass is 16.6. The van der Waals surface area contributed by atoms with E-state index in [1.807, 2.05) is 0 Å². The van der Waals surface area contributed by atoms with Gasteiger partial charge in [-0.15, -0.1) is 0 Å². The fourth-order valence-corrected chi connectivity index (χ4v) is 1.93. The number of nitro benzene ring substituents is 1. The molecule has 24 heavy (non-hydrogen) atoms. The number of methoxy groups -OCH3 is 1. The first kappa shape index (κ1) is 16.9. The molecule has 0 aliphatic rings. The van der Waals surface area contributed by atoms with Gasteiger partial charge in [0.2, 0.25) is 5.91 Å². The summed E-state index contributed by atoms with van der Waals surface area (Å²) in [4.78, 5) is 32.8. The molecule has 1 aromatic heterocycles. The topological polar surface area (TPSA) is 137 Å². The molecule has 2 N–H and O–H groups in total. The molecular weight excluding hydrogens is 320 g/mol. The molecule has 0 atom stereocenters. The monoisotopic (exact) mass is 334 g/mol. The second kappa shape index (κ2) is 7.22. The summed E-state index contributed by atoms with van der Waals surface area (Å²) in [6.45, 7) is 0.189. The van der Waals surface area contributed by atoms with E-state index in [4.69, 9.17) is 9.84 Å². The van der Waals surface area contributed by atoms with E-state index in [0.29, 0.717) is 5.69 Å². The van der Waals surface area contributed by atoms with Crippen LogP contribution in [0.1, 0.15) is 16.9 Å². The van der Waals surface area contributed by atoms with Gasteiger partial charge in [-0.1, -0.05) is 0 Å². The molecule has 10 heteroatoms. The quantitative estimate of drug-likeness (QED) is 0.578. The third-order valence-corrected chi connectivity index (χ3v) is 3.10. The number of aryl methyl sites for hydroxylation is 1. The average molecular weight is 334 g/mol. The van der Waals surface area contributed by atoms with Crippen molar-refractivity contribution in [1.29, 1.82) is 0 Å². The molecule has 0 spiro atoms. The van der Waals surface area contributed by atoms with Gasteiger partial charge in [0.1, 0.15) is 5.75 Å². The number of ether oxygens (including phenoxy) is 1. The van der Waals surface area contributed by atoms with Crippen molar-refractivity contribution < 1.29 is 24.4 Å². The minimum atomic E-state index is -1.14. The normalized spacial score (nSPS) is 10.2. The Labute approximate surface area is 135 Å². The molecule has 2 rings (SSSR count). The minimum absolute atomic E-state index is 0.0425. The van der Waals surface area contributed by atoms with E-state index in [2.05, 4.69) is 10.4 Å². The minimum Gasteiger partial charge on any atom is -0.494 e. The van der Waals surface area contributed by atoms with Crippen molar-refractivity contribution in [2.45, 2.75) is 13.0 Å². The predicted molar refractivity (Wildman–Crippen MR) is 82.1 cm³/mol. The van der Waals surface area contributed by atoms with Crippen LogP contribution in [-0.2, 0) is 11.3 Å². The summed E-state index contributed by atoms with van der Waals surface area (Å²) in [5.41, 5.74) is 0.0508. The van der Waals surface area contributed by atoms with Crippen LogP contribution in [0.25, 0.3) is 0 Å². The van der Waals surface area contributed by atoms with E-state index in [1.165, 1.54) is 42.3 Å². The average Bonchev–Trinajstić information content (AvgIpc) is 3.02. The largest absolute Gasteiger partial charge is 0.494 e. The van der Waals surface area contributed by atoms with Gasteiger partial charge in [-0.2, -0.15) is 5.10 Å². The first-order valence-corrected chi connectivity index (χ1v) is 6.79. The van der Waals surface area contributed by atoms with Crippen LogP contribution in [0.3, 0.4) is 0 Å². The molecule has 1 heterocycles. The fraction of sp³-hybridized carbons (Fsp3) is 0.214. The number of non-ortho nitro benzene ring substituents is 1. The SMILES string of the molecule is COc1cc([N+](=O)[O-])ccc1NC(=O)CCn1ccc(C(=O)O)n1. The molecule has 0 aliphatic carbocycles. The number of carbonyl (C=O) groups excluding carboxylic acids is 1. The maximum absolute atomic E-state index is 12.0. The molecular formula is C14H14N4O6. The highest BCUT2D eigenvalue weighted by Crippen LogP contribution is 2.29. The Balaban J connectivity index is 1.98. The van der Waals surface area contributed by atoms with Crippen molar-refractivity contribution in [3.05, 3.63) is 46.3 Å². The lowest BCUT2D eigenvalue weighted by Crippen LogP contribution is -2.15. The molecule has 0 saturated heterocycles. The van der Waals surface area contributed by atoms with Crippen LogP contribution in [0, 0.1) is 10.1 Å². The molecule has 2 aromatic rings. The van der Waals surface area contributed by atoms with Crippen LogP contribution in [-0.4, -0.2) is 38.8 Å². The summed E-state index contributed by atoms with van der Waals surface area (Å²) >= 11 is 0. The second-order valence-electron chi connectivity index (χ2n) is 4.71. The van der Waals surface area contributed by atoms with Crippen LogP contribution >= 0.6 is 0 Å². The Bertz CT molecular complexity index is 785. The van der Waals surface area contributed by atoms with Crippen molar-refractivity contribution >= 4 is 23.3 Å². The highest BCUT2D eigenvalue weighted by Gasteiger charge is 2.14. The Morgan fingerprint density at radius 3 is 2.75 bits per heavy atom. The van der Waals surface area contributed by atoms with Crippen molar-refractivity contribution in [2.24, 2.45) is 0 Å². The number of nitrogens with one attached hydrogen (secondary N) is 1. The van der Waals surface area contributed by atoms with E-state index < -0.39 is 10.9 Å². The zero-order chi connectivity index (χ0) is 17.7. The van der Waals surface area contributed by atoms with Gasteiger partial charge in [0.15, 0.2) is 5.69 Å². The Hall–Kier alpha value is -3.43. The first-order valence-electron chi connectivity index (χ1n) is 6.79. The third kappa shape index (κ3) is 4.06. The van der Waals surface area contributed by atoms with Crippen molar-refractivity contribution in [2.75, 3.05) is 12.4 Å². The van der Waals surface area contributed by atoms with Crippen molar-refractivity contribution in [1.82, 2.24) is 9.78 Å². The van der Waals surface area contributed by atoms with Crippen LogP contribution in [0.4, 0.5) is 11.4 Å². The number of benzene rings is 1. The summed E-state index contributed by atoms with van der Waals surface area (Å²) in [6, 6.07) is 5.18. The van der Waals surface area contributed by atoms with Crippen LogP contribution in [0.15, 0.2) is 30.5 Å². The number of carbonyl (C=O) groups is 2. The molecule has 1 aromatic carbocycles. The van der Waals surface area contributed by atoms with E-state index in [-0.39, 0.29) is 36.0 Å². The standard InChI is InChI=1S/C14H14N4O6/c1-24-12-8-9(18(22)23)2-3-10(12)15-13(19)5-7-17-6-4-11(16-17)14(20)21/h2-4,6,8H,5,7H2,1H3,(H,15,19)(H,20,21). The Morgan fingerprint density at radius 2 is 2.17 bits per heavy atom. The molecule has 0 unspecified atom stereocenters. The van der Waals surface area contributed by atoms with Gasteiger partial charge < -0.3 is 15.2 Å². The number of carboxylic acids is 1. The van der Waals surface area contributed by atoms with Crippen molar-refractivity contribution in [3.63, 3.8) is 0 Å². The van der Waals surface area contributed by atoms with Crippen LogP contribution in [0.5, 0.6) is 5.75 Å². The molecule has 0 bridgehead atoms. The van der Waals surface area contributed by atoms with E-state index in [0.717, 1.165) is 0 Å². The molecule has 0 radical (unpaired) electrons. The van der Waals surface area contributed by atoms with Gasteiger partial charge in [-0.05, 0) is 12.1 Å². The maximum Gasteiger partial charge on any atom is 0.356 e. The van der Waals surface area contributed by atoms with Gasteiger partial charge >= 0.3 is 5.97 Å². The van der Waals surface area contributed by atoms with E-state index in [9.17, 15) is 19.7 Å². The number of aromatic carboxylic acids is 1. The lowest BCUT2D eigenvalue weighted by Gasteiger charge is -2.10. The fourth-order valence-electron chi connectivity index (χ4n) is 1.93. The number of nitrogens with zero attached hydrogens (tertiary/aromatic N) is 3. The van der Waals surface area contributed by atoms with Gasteiger partial charge in [-0.3, -0.25) is 19.6 Å². The van der Waals surface area contributed by atoms with Crippen LogP contribution in [0.2, 0.25) is 0 Å². The molecule has 126 valence electrons. The zero-order valence-corrected chi connectivity index (χ0v) is 12.6. The number of rotatable bonds is 7. The van der Waals surface area contributed by atoms with Gasteiger partial charge in [0, 0.05) is 25.2 Å². The summed E-state index contributed by atoms with van der Waals surface area (Å²) in [5.74, 6) is -1.34. The summed E-state index contributed by atoms with van der Waals surface area (Å²) in [5, 5.41) is 25.9. The third-order valence-electron chi connectivity index (χ3n) is 3.10. The van der Waals surface area contributed by atoms with Crippen molar-refractivity contribution in [3.8, 4) is 5.75 Å². The number of hydrogen-bond donors (Lipinski definition) is 2. The maximum atomic E-state index is 12.0. The highest BCUT2D eigenvalue weighted by molar-refractivity contribution is 5.92. The number of carboxylic acid groups (broad SMARTS) is 1. The summed E-state index contributed by atoms with van der Waals surface area (Å²) in [7, 11) is 1.34. The summed E-state index contributed by atoms with van der Waals surface area (Å²) in [6.07, 6.45) is 1.50. The molecule has 1 amide bonds. The smallest absolute Gasteiger partial charge is 0.356 e. The second-order valence-corrected chi connectivity index (χ2v) is 4.71. The number of amides is 1. The summed E-state index contributed by atoms with van der Waals surface area (Å²) < 4.78 is 6.37. The number of anilines is 1. The van der Waals surface area contributed by atoms with E-state index >= 15 is 0 Å². The number of aromatic nitrogens is 2. The van der Waals surface area contributed by atoms with Crippen LogP contribution < -0.4 is 10.1 Å². The Kier molecular flexibility index (Phi) is 5.09. The zero-order valence-electron chi connectivity index (χ0n) is 12.6. The lowest BCUT2D eigenvalue weighted by molar-refractivity contribution is -0.384. The predicted octanol–water partition coefficient (Wildman–Crippen LogP) is 1.53. The molecule has 0 fully saturated rings. The van der Waals surface area contributed by atoms with Gasteiger partial charge in [0.05, 0.1) is 23.8 Å². The molecule has 10 nitrogen and oxygen atoms in total. The van der Waals surface area contributed by atoms with Gasteiger partial charge in [-0.25, -0.2) is 4.79 Å².